The van der Waals surface area contributed by atoms with Crippen LogP contribution in [-0.2, 0) is 68.6 Å². The van der Waals surface area contributed by atoms with Gasteiger partial charge in [0.2, 0.25) is 35.4 Å². The Labute approximate surface area is 467 Å². The highest BCUT2D eigenvalue weighted by atomic mass is 32.2. The summed E-state index contributed by atoms with van der Waals surface area (Å²) in [4.78, 5) is 118. The van der Waals surface area contributed by atoms with E-state index in [1.54, 1.807) is 24.1 Å². The van der Waals surface area contributed by atoms with Gasteiger partial charge in [0.1, 0.15) is 24.2 Å². The molecule has 1 aliphatic rings. The molecule has 0 bridgehead atoms. The van der Waals surface area contributed by atoms with Gasteiger partial charge in [0.15, 0.2) is 0 Å². The second-order valence-electron chi connectivity index (χ2n) is 19.3. The Morgan fingerprint density at radius 3 is 2.09 bits per heavy atom. The van der Waals surface area contributed by atoms with Crippen LogP contribution in [0.5, 0.6) is 0 Å². The van der Waals surface area contributed by atoms with E-state index < -0.39 is 94.7 Å². The van der Waals surface area contributed by atoms with Crippen molar-refractivity contribution in [2.45, 2.75) is 72.0 Å². The van der Waals surface area contributed by atoms with Crippen molar-refractivity contribution in [3.05, 3.63) is 95.8 Å². The number of imide groups is 1. The Balaban J connectivity index is 1.32. The molecule has 0 saturated heterocycles. The van der Waals surface area contributed by atoms with Crippen molar-refractivity contribution in [1.82, 2.24) is 30.3 Å². The molecule has 22 nitrogen and oxygen atoms in total. The summed E-state index contributed by atoms with van der Waals surface area (Å²) < 4.78 is 53.7. The highest BCUT2D eigenvalue weighted by Crippen LogP contribution is 2.41. The van der Waals surface area contributed by atoms with Crippen LogP contribution in [-0.4, -0.2) is 175 Å². The highest BCUT2D eigenvalue weighted by Gasteiger charge is 2.37. The van der Waals surface area contributed by atoms with Crippen LogP contribution < -0.4 is 21.7 Å². The molecular weight excluding hydrogens is 1070 g/mol. The van der Waals surface area contributed by atoms with Gasteiger partial charge in [-0.05, 0) is 41.7 Å². The normalized spacial score (nSPS) is 13.6. The third kappa shape index (κ3) is 22.9. The van der Waals surface area contributed by atoms with Gasteiger partial charge in [-0.15, -0.1) is 11.8 Å². The molecule has 6 N–H and O–H groups in total. The van der Waals surface area contributed by atoms with Crippen LogP contribution in [0.4, 0.5) is 8.78 Å². The number of thioether (sulfide) groups is 1. The molecule has 4 rings (SSSR count). The number of aromatic nitrogens is 1. The highest BCUT2D eigenvalue weighted by molar-refractivity contribution is 8.00. The number of carboxylic acid groups (broad SMARTS) is 1. The Kier molecular flexibility index (Phi) is 27.8. The van der Waals surface area contributed by atoms with Crippen LogP contribution in [0, 0.1) is 23.0 Å². The molecule has 1 unspecified atom stereocenters. The average Bonchev–Trinajstić information content (AvgIpc) is 4.11. The molecule has 3 aromatic rings. The summed E-state index contributed by atoms with van der Waals surface area (Å²) in [5.74, 6) is -8.72. The van der Waals surface area contributed by atoms with Gasteiger partial charge in [-0.2, -0.15) is 0 Å². The summed E-state index contributed by atoms with van der Waals surface area (Å²) >= 11 is 0.982. The van der Waals surface area contributed by atoms with E-state index >= 15 is 4.39 Å². The van der Waals surface area contributed by atoms with Crippen molar-refractivity contribution in [2.24, 2.45) is 22.1 Å². The molecule has 2 heterocycles. The number of nitrogens with two attached hydrogens (primary N) is 1. The van der Waals surface area contributed by atoms with E-state index in [1.807, 2.05) is 55.7 Å². The lowest BCUT2D eigenvalue weighted by atomic mass is 9.83. The van der Waals surface area contributed by atoms with Crippen molar-refractivity contribution >= 4 is 71.2 Å². The van der Waals surface area contributed by atoms with Crippen LogP contribution in [0.1, 0.15) is 70.7 Å². The summed E-state index contributed by atoms with van der Waals surface area (Å²) in [6, 6.07) is 12.1. The second-order valence-corrected chi connectivity index (χ2v) is 20.3. The monoisotopic (exact) mass is 1140 g/mol. The Morgan fingerprint density at radius 2 is 1.48 bits per heavy atom. The molecule has 1 aliphatic heterocycles. The van der Waals surface area contributed by atoms with E-state index in [1.165, 1.54) is 0 Å². The topological polar surface area (TPSA) is 297 Å². The number of hydrogen-bond donors (Lipinski definition) is 5. The van der Waals surface area contributed by atoms with E-state index in [9.17, 15) is 52.6 Å². The third-order valence-corrected chi connectivity index (χ3v) is 13.0. The number of halogens is 2. The van der Waals surface area contributed by atoms with Gasteiger partial charge < -0.3 is 55.2 Å². The van der Waals surface area contributed by atoms with E-state index in [0.29, 0.717) is 11.3 Å². The van der Waals surface area contributed by atoms with Crippen LogP contribution in [0.2, 0.25) is 0 Å². The fourth-order valence-corrected chi connectivity index (χ4v) is 8.98. The van der Waals surface area contributed by atoms with Crippen molar-refractivity contribution in [3.8, 4) is 11.1 Å². The maximum absolute atomic E-state index is 15.4. The molecule has 80 heavy (non-hydrogen) atoms. The standard InChI is InChI=1S/C55H72F2N8O14S/c1-5-46(67)61-31-38(29-45(58)66)53(73)60-17-9-19-64(52(55(2,3)4)44-28-39(41-30-40(56)12-13-42(41)57)33-63(44)32-37-10-7-6-8-11-37)51(72)36-80-35-43(54(74)75)62-47(68)16-20-76-22-24-78-26-27-79-25-23-77-21-18-59-48(69)34-65-49(70)14-15-50(65)71/h6-8,10-15,28,30-31,33,38,43,52H,5,9,16-27,29,32,34-36H2,1-4H3,(H2,58,66)(H,59,69)(H,60,73)(H,62,68)(H,74,75)/t38?,43-,52-/m0/s1. The zero-order valence-corrected chi connectivity index (χ0v) is 46.3. The van der Waals surface area contributed by atoms with Crippen LogP contribution in [0.3, 0.4) is 0 Å². The summed E-state index contributed by atoms with van der Waals surface area (Å²) in [6.07, 6.45) is 4.66. The number of nitrogens with zero attached hydrogens (tertiary/aromatic N) is 4. The maximum Gasteiger partial charge on any atom is 0.327 e. The molecule has 2 aromatic carbocycles. The Hall–Kier alpha value is -7.19. The molecule has 0 fully saturated rings. The molecular formula is C55H72F2N8O14S. The number of ether oxygens (including phenoxy) is 4. The molecule has 0 spiro atoms. The first-order valence-electron chi connectivity index (χ1n) is 26.0. The molecule has 8 amide bonds. The molecule has 436 valence electrons. The van der Waals surface area contributed by atoms with Gasteiger partial charge in [0, 0.05) is 92.6 Å². The predicted molar refractivity (Wildman–Crippen MR) is 292 cm³/mol. The fourth-order valence-electron chi connectivity index (χ4n) is 8.06. The Bertz CT molecular complexity index is 2630. The van der Waals surface area contributed by atoms with Crippen molar-refractivity contribution in [1.29, 1.82) is 0 Å². The number of primary amides is 1. The first-order chi connectivity index (χ1) is 38.2. The molecule has 0 aliphatic carbocycles. The molecule has 0 saturated carbocycles. The summed E-state index contributed by atoms with van der Waals surface area (Å²) in [7, 11) is 0. The quantitative estimate of drug-likeness (QED) is 0.0315. The lowest BCUT2D eigenvalue weighted by Crippen LogP contribution is -2.45. The molecule has 0 radical (unpaired) electrons. The van der Waals surface area contributed by atoms with E-state index in [0.717, 1.165) is 58.8 Å². The van der Waals surface area contributed by atoms with E-state index in [-0.39, 0.29) is 122 Å². The minimum Gasteiger partial charge on any atom is -0.480 e. The van der Waals surface area contributed by atoms with E-state index in [4.69, 9.17) is 24.7 Å². The maximum atomic E-state index is 15.4. The van der Waals surface area contributed by atoms with Gasteiger partial charge in [0.05, 0.1) is 70.6 Å². The first kappa shape index (κ1) is 65.3. The zero-order chi connectivity index (χ0) is 58.6. The molecule has 1 aromatic heterocycles. The SMILES string of the molecule is CCC(=O)N=CC(CC(N)=O)C(=O)NCCCN(C(=O)CSC[C@H](NC(=O)CCOCCOCCOCCOCCNC(=O)CN1C(=O)C=CC1=O)C(=O)O)[C@@H](c1cc(-c2cc(F)ccc2F)cn1Cc1ccccc1)C(C)(C)C. The predicted octanol–water partition coefficient (Wildman–Crippen LogP) is 3.20. The van der Waals surface area contributed by atoms with Crippen molar-refractivity contribution in [3.63, 3.8) is 0 Å². The third-order valence-electron chi connectivity index (χ3n) is 11.9. The van der Waals surface area contributed by atoms with Gasteiger partial charge in [-0.25, -0.2) is 18.6 Å². The number of aliphatic carboxylic acids is 1. The molecule has 25 heteroatoms. The largest absolute Gasteiger partial charge is 0.480 e. The minimum atomic E-state index is -1.38. The summed E-state index contributed by atoms with van der Waals surface area (Å²) in [5.41, 5.74) is 6.46. The average molecular weight is 1140 g/mol. The number of hydrogen-bond acceptors (Lipinski definition) is 14. The second kappa shape index (κ2) is 34.1. The number of nitrogens with one attached hydrogen (secondary N) is 3. The van der Waals surface area contributed by atoms with Crippen LogP contribution >= 0.6 is 11.8 Å². The zero-order valence-electron chi connectivity index (χ0n) is 45.5. The summed E-state index contributed by atoms with van der Waals surface area (Å²) in [6.45, 7) is 8.96. The lowest BCUT2D eigenvalue weighted by molar-refractivity contribution is -0.141. The number of carboxylic acids is 1. The van der Waals surface area contributed by atoms with Gasteiger partial charge in [-0.3, -0.25) is 43.3 Å². The number of benzene rings is 2. The Morgan fingerprint density at radius 1 is 0.838 bits per heavy atom. The van der Waals surface area contributed by atoms with Gasteiger partial charge in [-0.1, -0.05) is 58.0 Å². The first-order valence-corrected chi connectivity index (χ1v) is 27.2. The molecule has 3 atom stereocenters. The van der Waals surface area contributed by atoms with Crippen molar-refractivity contribution < 1.29 is 76.0 Å². The van der Waals surface area contributed by atoms with Crippen molar-refractivity contribution in [2.75, 3.05) is 90.5 Å². The number of rotatable bonds is 37. The van der Waals surface area contributed by atoms with Crippen LogP contribution in [0.15, 0.2) is 77.9 Å². The summed E-state index contributed by atoms with van der Waals surface area (Å²) in [5, 5.41) is 17.9. The van der Waals surface area contributed by atoms with Gasteiger partial charge in [0.25, 0.3) is 11.8 Å². The minimum absolute atomic E-state index is 0.00286. The lowest BCUT2D eigenvalue weighted by Gasteiger charge is -2.41. The number of carbonyl (C=O) groups excluding carboxylic acids is 8. The van der Waals surface area contributed by atoms with Crippen LogP contribution in [0.25, 0.3) is 11.1 Å². The smallest absolute Gasteiger partial charge is 0.327 e. The number of aliphatic imine (C=N–C) groups is 1. The van der Waals surface area contributed by atoms with Gasteiger partial charge >= 0.3 is 5.97 Å². The number of amides is 8. The van der Waals surface area contributed by atoms with E-state index in [2.05, 4.69) is 20.9 Å². The number of carbonyl (C=O) groups is 9. The fraction of sp³-hybridized carbons (Fsp3) is 0.491.